The molecule has 0 aliphatic heterocycles. The number of aromatic nitrogens is 2. The average molecular weight is 244 g/mol. The van der Waals surface area contributed by atoms with E-state index >= 15 is 0 Å². The molecule has 0 aliphatic rings. The normalized spacial score (nSPS) is 10.1. The van der Waals surface area contributed by atoms with Gasteiger partial charge in [0.05, 0.1) is 19.5 Å². The molecular weight excluding hydrogens is 228 g/mol. The second kappa shape index (κ2) is 5.86. The lowest BCUT2D eigenvalue weighted by molar-refractivity contribution is 0.410. The SMILES string of the molecule is COc1ccccc1CCNc1cncc(N)n1. The highest BCUT2D eigenvalue weighted by Crippen LogP contribution is 2.17. The molecule has 3 N–H and O–H groups in total. The number of anilines is 2. The summed E-state index contributed by atoms with van der Waals surface area (Å²) in [5.41, 5.74) is 6.71. The van der Waals surface area contributed by atoms with Crippen molar-refractivity contribution < 1.29 is 4.74 Å². The van der Waals surface area contributed by atoms with Crippen LogP contribution < -0.4 is 15.8 Å². The summed E-state index contributed by atoms with van der Waals surface area (Å²) in [4.78, 5) is 8.09. The molecule has 0 radical (unpaired) electrons. The van der Waals surface area contributed by atoms with Gasteiger partial charge in [0.15, 0.2) is 0 Å². The van der Waals surface area contributed by atoms with E-state index in [9.17, 15) is 0 Å². The Hall–Kier alpha value is -2.30. The van der Waals surface area contributed by atoms with Crippen molar-refractivity contribution in [2.24, 2.45) is 0 Å². The molecule has 0 saturated carbocycles. The molecule has 0 bridgehead atoms. The van der Waals surface area contributed by atoms with Crippen LogP contribution in [0.1, 0.15) is 5.56 Å². The second-order valence-electron chi connectivity index (χ2n) is 3.82. The highest BCUT2D eigenvalue weighted by molar-refractivity contribution is 5.39. The van der Waals surface area contributed by atoms with Gasteiger partial charge < -0.3 is 15.8 Å². The fourth-order valence-electron chi connectivity index (χ4n) is 1.70. The van der Waals surface area contributed by atoms with E-state index in [-0.39, 0.29) is 0 Å². The molecule has 94 valence electrons. The minimum atomic E-state index is 0.414. The maximum atomic E-state index is 5.55. The first-order valence-corrected chi connectivity index (χ1v) is 5.73. The molecule has 2 aromatic rings. The predicted octanol–water partition coefficient (Wildman–Crippen LogP) is 1.72. The quantitative estimate of drug-likeness (QED) is 0.837. The lowest BCUT2D eigenvalue weighted by Gasteiger charge is -2.09. The van der Waals surface area contributed by atoms with E-state index in [1.165, 1.54) is 6.20 Å². The predicted molar refractivity (Wildman–Crippen MR) is 71.6 cm³/mol. The van der Waals surface area contributed by atoms with E-state index in [1.807, 2.05) is 24.3 Å². The van der Waals surface area contributed by atoms with Crippen LogP contribution in [0.25, 0.3) is 0 Å². The largest absolute Gasteiger partial charge is 0.496 e. The summed E-state index contributed by atoms with van der Waals surface area (Å²) < 4.78 is 5.29. The zero-order valence-electron chi connectivity index (χ0n) is 10.3. The molecule has 1 heterocycles. The number of benzene rings is 1. The monoisotopic (exact) mass is 244 g/mol. The molecule has 5 heteroatoms. The smallest absolute Gasteiger partial charge is 0.146 e. The number of nitrogen functional groups attached to an aromatic ring is 1. The standard InChI is InChI=1S/C13H16N4O/c1-18-11-5-3-2-4-10(11)6-7-16-13-9-15-8-12(14)17-13/h2-5,8-9H,6-7H2,1H3,(H3,14,16,17). The molecule has 0 aliphatic carbocycles. The summed E-state index contributed by atoms with van der Waals surface area (Å²) in [5.74, 6) is 2.00. The van der Waals surface area contributed by atoms with Crippen LogP contribution in [0.15, 0.2) is 36.7 Å². The molecule has 0 unspecified atom stereocenters. The van der Waals surface area contributed by atoms with E-state index in [0.717, 1.165) is 24.3 Å². The summed E-state index contributed by atoms with van der Waals surface area (Å²) in [6, 6.07) is 7.96. The van der Waals surface area contributed by atoms with Crippen molar-refractivity contribution in [3.05, 3.63) is 42.2 Å². The number of methoxy groups -OCH3 is 1. The topological polar surface area (TPSA) is 73.1 Å². The number of rotatable bonds is 5. The maximum Gasteiger partial charge on any atom is 0.146 e. The van der Waals surface area contributed by atoms with Gasteiger partial charge in [0.1, 0.15) is 17.4 Å². The molecule has 2 rings (SSSR count). The number of nitrogens with two attached hydrogens (primary N) is 1. The van der Waals surface area contributed by atoms with Crippen LogP contribution in [0.3, 0.4) is 0 Å². The van der Waals surface area contributed by atoms with Crippen LogP contribution in [-0.2, 0) is 6.42 Å². The molecule has 0 saturated heterocycles. The summed E-state index contributed by atoms with van der Waals surface area (Å²) in [7, 11) is 1.68. The Morgan fingerprint density at radius 2 is 2.11 bits per heavy atom. The molecule has 5 nitrogen and oxygen atoms in total. The summed E-state index contributed by atoms with van der Waals surface area (Å²) in [5, 5.41) is 3.18. The Kier molecular flexibility index (Phi) is 3.96. The van der Waals surface area contributed by atoms with E-state index in [4.69, 9.17) is 10.5 Å². The van der Waals surface area contributed by atoms with Crippen LogP contribution in [0.4, 0.5) is 11.6 Å². The van der Waals surface area contributed by atoms with Crippen molar-refractivity contribution in [1.29, 1.82) is 0 Å². The molecule has 18 heavy (non-hydrogen) atoms. The van der Waals surface area contributed by atoms with Crippen molar-refractivity contribution in [3.8, 4) is 5.75 Å². The van der Waals surface area contributed by atoms with Crippen LogP contribution >= 0.6 is 0 Å². The molecule has 0 atom stereocenters. The Balaban J connectivity index is 1.92. The van der Waals surface area contributed by atoms with Crippen molar-refractivity contribution in [3.63, 3.8) is 0 Å². The third kappa shape index (κ3) is 3.10. The zero-order valence-corrected chi connectivity index (χ0v) is 10.3. The maximum absolute atomic E-state index is 5.55. The highest BCUT2D eigenvalue weighted by atomic mass is 16.5. The van der Waals surface area contributed by atoms with E-state index in [1.54, 1.807) is 13.3 Å². The molecule has 1 aromatic carbocycles. The first-order valence-electron chi connectivity index (χ1n) is 5.73. The highest BCUT2D eigenvalue weighted by Gasteiger charge is 2.01. The van der Waals surface area contributed by atoms with Gasteiger partial charge in [0.2, 0.25) is 0 Å². The van der Waals surface area contributed by atoms with Gasteiger partial charge >= 0.3 is 0 Å². The zero-order chi connectivity index (χ0) is 12.8. The Morgan fingerprint density at radius 3 is 2.89 bits per heavy atom. The van der Waals surface area contributed by atoms with E-state index in [2.05, 4.69) is 15.3 Å². The van der Waals surface area contributed by atoms with Gasteiger partial charge in [-0.25, -0.2) is 4.98 Å². The summed E-state index contributed by atoms with van der Waals surface area (Å²) in [6.45, 7) is 0.749. The van der Waals surface area contributed by atoms with Crippen molar-refractivity contribution in [1.82, 2.24) is 9.97 Å². The van der Waals surface area contributed by atoms with E-state index in [0.29, 0.717) is 11.6 Å². The first-order chi connectivity index (χ1) is 8.79. The van der Waals surface area contributed by atoms with Gasteiger partial charge in [-0.2, -0.15) is 0 Å². The van der Waals surface area contributed by atoms with Gasteiger partial charge in [0.25, 0.3) is 0 Å². The molecular formula is C13H16N4O. The number of hydrogen-bond acceptors (Lipinski definition) is 5. The molecule has 0 amide bonds. The second-order valence-corrected chi connectivity index (χ2v) is 3.82. The number of nitrogens with zero attached hydrogens (tertiary/aromatic N) is 2. The Labute approximate surface area is 106 Å². The fourth-order valence-corrected chi connectivity index (χ4v) is 1.70. The van der Waals surface area contributed by atoms with E-state index < -0.39 is 0 Å². The number of para-hydroxylation sites is 1. The van der Waals surface area contributed by atoms with Gasteiger partial charge in [0, 0.05) is 6.54 Å². The van der Waals surface area contributed by atoms with Gasteiger partial charge in [-0.05, 0) is 18.1 Å². The molecule has 1 aromatic heterocycles. The third-order valence-electron chi connectivity index (χ3n) is 2.55. The van der Waals surface area contributed by atoms with Crippen LogP contribution in [0.2, 0.25) is 0 Å². The Morgan fingerprint density at radius 1 is 1.28 bits per heavy atom. The van der Waals surface area contributed by atoms with Gasteiger partial charge in [-0.15, -0.1) is 0 Å². The number of hydrogen-bond donors (Lipinski definition) is 2. The Bertz CT molecular complexity index is 516. The van der Waals surface area contributed by atoms with Crippen LogP contribution in [0.5, 0.6) is 5.75 Å². The number of ether oxygens (including phenoxy) is 1. The first kappa shape index (κ1) is 12.2. The third-order valence-corrected chi connectivity index (χ3v) is 2.55. The summed E-state index contributed by atoms with van der Waals surface area (Å²) >= 11 is 0. The molecule has 0 spiro atoms. The lowest BCUT2D eigenvalue weighted by atomic mass is 10.1. The van der Waals surface area contributed by atoms with Crippen LogP contribution in [0, 0.1) is 0 Å². The molecule has 0 fully saturated rings. The average Bonchev–Trinajstić information content (AvgIpc) is 2.39. The lowest BCUT2D eigenvalue weighted by Crippen LogP contribution is -2.08. The minimum Gasteiger partial charge on any atom is -0.496 e. The fraction of sp³-hybridized carbons (Fsp3) is 0.231. The van der Waals surface area contributed by atoms with Crippen molar-refractivity contribution >= 4 is 11.6 Å². The summed E-state index contributed by atoms with van der Waals surface area (Å²) in [6.07, 6.45) is 4.02. The van der Waals surface area contributed by atoms with Gasteiger partial charge in [-0.1, -0.05) is 18.2 Å². The van der Waals surface area contributed by atoms with Gasteiger partial charge in [-0.3, -0.25) is 4.98 Å². The number of nitrogens with one attached hydrogen (secondary N) is 1. The van der Waals surface area contributed by atoms with Crippen molar-refractivity contribution in [2.45, 2.75) is 6.42 Å². The van der Waals surface area contributed by atoms with Crippen molar-refractivity contribution in [2.75, 3.05) is 24.7 Å². The van der Waals surface area contributed by atoms with Crippen LogP contribution in [-0.4, -0.2) is 23.6 Å². The minimum absolute atomic E-state index is 0.414.